The summed E-state index contributed by atoms with van der Waals surface area (Å²) in [7, 11) is -4.53. The predicted octanol–water partition coefficient (Wildman–Crippen LogP) is 2.65. The lowest BCUT2D eigenvalue weighted by molar-refractivity contribution is -0.118. The summed E-state index contributed by atoms with van der Waals surface area (Å²) in [6.07, 6.45) is 1.87. The van der Waals surface area contributed by atoms with Crippen LogP contribution in [0.5, 0.6) is 0 Å². The van der Waals surface area contributed by atoms with Crippen molar-refractivity contribution in [1.82, 2.24) is 5.32 Å². The first kappa shape index (κ1) is 24.3. The smallest absolute Gasteiger partial charge is 0.349 e. The highest BCUT2D eigenvalue weighted by Gasteiger charge is 2.22. The molecule has 13 heteroatoms. The molecule has 9 nitrogen and oxygen atoms in total. The largest absolute Gasteiger partial charge is 0.451 e. The van der Waals surface area contributed by atoms with E-state index in [1.165, 1.54) is 28.2 Å². The Morgan fingerprint density at radius 2 is 1.84 bits per heavy atom. The van der Waals surface area contributed by atoms with E-state index < -0.39 is 26.7 Å². The van der Waals surface area contributed by atoms with Crippen LogP contribution in [0, 0.1) is 0 Å². The van der Waals surface area contributed by atoms with Gasteiger partial charge in [0.1, 0.15) is 5.04 Å². The first-order valence-electron chi connectivity index (χ1n) is 9.02. The summed E-state index contributed by atoms with van der Waals surface area (Å²) in [5, 5.41) is 6.90. The van der Waals surface area contributed by atoms with E-state index in [-0.39, 0.29) is 23.1 Å². The number of rotatable bonds is 6. The van der Waals surface area contributed by atoms with Crippen LogP contribution in [-0.2, 0) is 30.3 Å². The Kier molecular flexibility index (Phi) is 7.98. The number of oxime groups is 1. The number of thioether (sulfide) groups is 1. The SMILES string of the molecule is CS(=O)c1ccc(N(Sc2ccc(S(C)(=O)=O)cc2)C(=O)ON=C2CNC(=O)CS2)cc1. The van der Waals surface area contributed by atoms with Crippen molar-refractivity contribution in [3.8, 4) is 0 Å². The van der Waals surface area contributed by atoms with Crippen LogP contribution in [0.2, 0.25) is 0 Å². The summed E-state index contributed by atoms with van der Waals surface area (Å²) in [6.45, 7) is 0.174. The topological polar surface area (TPSA) is 122 Å². The molecular formula is C19H19N3O6S4. The van der Waals surface area contributed by atoms with E-state index in [2.05, 4.69) is 10.5 Å². The molecule has 170 valence electrons. The maximum atomic E-state index is 12.8. The van der Waals surface area contributed by atoms with Gasteiger partial charge in [-0.05, 0) is 60.5 Å². The van der Waals surface area contributed by atoms with Crippen LogP contribution in [-0.4, -0.2) is 54.5 Å². The first-order chi connectivity index (χ1) is 15.1. The Balaban J connectivity index is 1.83. The fourth-order valence-electron chi connectivity index (χ4n) is 2.43. The molecule has 0 saturated carbocycles. The zero-order valence-corrected chi connectivity index (χ0v) is 20.3. The number of benzene rings is 2. The molecule has 1 fully saturated rings. The summed E-state index contributed by atoms with van der Waals surface area (Å²) < 4.78 is 36.3. The minimum Gasteiger partial charge on any atom is -0.349 e. The molecule has 32 heavy (non-hydrogen) atoms. The van der Waals surface area contributed by atoms with Gasteiger partial charge in [-0.1, -0.05) is 16.9 Å². The molecule has 1 N–H and O–H groups in total. The Morgan fingerprint density at radius 1 is 1.19 bits per heavy atom. The average molecular weight is 514 g/mol. The lowest BCUT2D eigenvalue weighted by Gasteiger charge is -2.20. The van der Waals surface area contributed by atoms with E-state index in [4.69, 9.17) is 4.84 Å². The number of hydrogen-bond donors (Lipinski definition) is 1. The zero-order chi connectivity index (χ0) is 23.3. The summed E-state index contributed by atoms with van der Waals surface area (Å²) in [4.78, 5) is 30.5. The van der Waals surface area contributed by atoms with Crippen LogP contribution in [0.15, 0.2) is 68.4 Å². The van der Waals surface area contributed by atoms with Gasteiger partial charge in [-0.3, -0.25) is 13.8 Å². The third-order valence-corrected chi connectivity index (χ3v) is 8.10. The predicted molar refractivity (Wildman–Crippen MR) is 126 cm³/mol. The fraction of sp³-hybridized carbons (Fsp3) is 0.211. The highest BCUT2D eigenvalue weighted by atomic mass is 32.2. The molecule has 1 saturated heterocycles. The standard InChI is InChI=1S/C19H19N3O6S4/c1-31(25)15-7-3-13(4-8-15)22(19(24)28-21-18-11-20-17(23)12-29-18)30-14-5-9-16(10-6-14)32(2,26)27/h3-10H,11-12H2,1-2H3,(H,20,23). The van der Waals surface area contributed by atoms with Crippen LogP contribution in [0.1, 0.15) is 0 Å². The number of anilines is 1. The Hall–Kier alpha value is -2.35. The second-order valence-corrected chi connectivity index (χ2v) is 11.9. The second-order valence-electron chi connectivity index (χ2n) is 6.48. The molecule has 1 heterocycles. The van der Waals surface area contributed by atoms with E-state index in [0.717, 1.165) is 18.2 Å². The first-order valence-corrected chi connectivity index (χ1v) is 14.2. The van der Waals surface area contributed by atoms with E-state index in [1.54, 1.807) is 42.7 Å². The van der Waals surface area contributed by atoms with Crippen LogP contribution in [0.4, 0.5) is 10.5 Å². The number of nitrogens with zero attached hydrogens (tertiary/aromatic N) is 2. The number of nitrogens with one attached hydrogen (secondary N) is 1. The van der Waals surface area contributed by atoms with Crippen LogP contribution in [0.3, 0.4) is 0 Å². The van der Waals surface area contributed by atoms with Crippen LogP contribution >= 0.6 is 23.7 Å². The minimum absolute atomic E-state index is 0.122. The van der Waals surface area contributed by atoms with Crippen molar-refractivity contribution in [2.24, 2.45) is 5.16 Å². The molecule has 0 aliphatic carbocycles. The maximum absolute atomic E-state index is 12.8. The van der Waals surface area contributed by atoms with Gasteiger partial charge in [0.25, 0.3) is 0 Å². The average Bonchev–Trinajstić information content (AvgIpc) is 2.76. The highest BCUT2D eigenvalue weighted by molar-refractivity contribution is 8.14. The van der Waals surface area contributed by atoms with Crippen molar-refractivity contribution in [2.45, 2.75) is 14.7 Å². The third kappa shape index (κ3) is 6.58. The van der Waals surface area contributed by atoms with Crippen molar-refractivity contribution in [3.63, 3.8) is 0 Å². The van der Waals surface area contributed by atoms with Gasteiger partial charge >= 0.3 is 6.09 Å². The van der Waals surface area contributed by atoms with Crippen LogP contribution in [0.25, 0.3) is 0 Å². The van der Waals surface area contributed by atoms with Gasteiger partial charge in [-0.2, -0.15) is 0 Å². The molecule has 0 bridgehead atoms. The fourth-order valence-corrected chi connectivity index (χ4v) is 5.05. The Bertz CT molecular complexity index is 1150. The molecule has 3 rings (SSSR count). The van der Waals surface area contributed by atoms with E-state index in [1.807, 2.05) is 0 Å². The summed E-state index contributed by atoms with van der Waals surface area (Å²) in [5.74, 6) is 0.0698. The highest BCUT2D eigenvalue weighted by Crippen LogP contribution is 2.31. The van der Waals surface area contributed by atoms with Gasteiger partial charge in [-0.25, -0.2) is 17.5 Å². The molecule has 1 aliphatic rings. The molecule has 2 aromatic carbocycles. The molecule has 2 amide bonds. The summed E-state index contributed by atoms with van der Waals surface area (Å²) >= 11 is 2.19. The minimum atomic E-state index is -3.35. The van der Waals surface area contributed by atoms with Gasteiger partial charge < -0.3 is 5.32 Å². The normalized spacial score (nSPS) is 16.3. The maximum Gasteiger partial charge on any atom is 0.451 e. The molecule has 1 atom stereocenters. The number of sulfone groups is 1. The second kappa shape index (κ2) is 10.5. The van der Waals surface area contributed by atoms with Gasteiger partial charge in [0, 0.05) is 33.1 Å². The number of carbonyl (C=O) groups excluding carboxylic acids is 2. The zero-order valence-electron chi connectivity index (χ0n) is 17.0. The number of amides is 2. The van der Waals surface area contributed by atoms with Crippen molar-refractivity contribution in [1.29, 1.82) is 0 Å². The van der Waals surface area contributed by atoms with Crippen molar-refractivity contribution in [2.75, 3.05) is 29.1 Å². The van der Waals surface area contributed by atoms with Crippen molar-refractivity contribution in [3.05, 3.63) is 48.5 Å². The lowest BCUT2D eigenvalue weighted by atomic mass is 10.3. The molecule has 0 spiro atoms. The van der Waals surface area contributed by atoms with Gasteiger partial charge in [0.15, 0.2) is 9.84 Å². The molecule has 0 aromatic heterocycles. The molecule has 1 aliphatic heterocycles. The summed E-state index contributed by atoms with van der Waals surface area (Å²) in [6, 6.07) is 12.6. The van der Waals surface area contributed by atoms with Crippen LogP contribution < -0.4 is 9.62 Å². The summed E-state index contributed by atoms with van der Waals surface area (Å²) in [5.41, 5.74) is 0.450. The molecular weight excluding hydrogens is 494 g/mol. The van der Waals surface area contributed by atoms with Crippen molar-refractivity contribution < 1.29 is 27.1 Å². The van der Waals surface area contributed by atoms with E-state index in [0.29, 0.717) is 20.5 Å². The van der Waals surface area contributed by atoms with E-state index >= 15 is 0 Å². The van der Waals surface area contributed by atoms with Crippen molar-refractivity contribution >= 4 is 67.1 Å². The quantitative estimate of drug-likeness (QED) is 0.355. The monoisotopic (exact) mass is 513 g/mol. The van der Waals surface area contributed by atoms with Gasteiger partial charge in [-0.15, -0.1) is 0 Å². The Morgan fingerprint density at radius 3 is 2.38 bits per heavy atom. The van der Waals surface area contributed by atoms with E-state index in [9.17, 15) is 22.2 Å². The third-order valence-electron chi connectivity index (χ3n) is 4.05. The Labute approximate surface area is 196 Å². The molecule has 0 radical (unpaired) electrons. The molecule has 2 aromatic rings. The number of hydrogen-bond acceptors (Lipinski definition) is 9. The van der Waals surface area contributed by atoms with Gasteiger partial charge in [0.2, 0.25) is 5.91 Å². The lowest BCUT2D eigenvalue weighted by Crippen LogP contribution is -2.35. The van der Waals surface area contributed by atoms with Gasteiger partial charge in [0.05, 0.1) is 22.9 Å². The molecule has 1 unspecified atom stereocenters. The number of carbonyl (C=O) groups is 2.